The first-order valence-electron chi connectivity index (χ1n) is 14.7. The summed E-state index contributed by atoms with van der Waals surface area (Å²) in [6.07, 6.45) is 17.8. The Kier molecular flexibility index (Phi) is 19.1. The Morgan fingerprint density at radius 1 is 0.868 bits per heavy atom. The molecule has 1 aromatic rings. The molecule has 0 heterocycles. The van der Waals surface area contributed by atoms with E-state index >= 15 is 4.39 Å². The predicted octanol–water partition coefficient (Wildman–Crippen LogP) is 8.98. The molecule has 8 heteroatoms. The van der Waals surface area contributed by atoms with E-state index in [-0.39, 0.29) is 31.3 Å². The lowest BCUT2D eigenvalue weighted by molar-refractivity contribution is -0.121. The monoisotopic (exact) mass is 555 g/mol. The molecule has 0 unspecified atom stereocenters. The van der Waals surface area contributed by atoms with Gasteiger partial charge in [0.05, 0.1) is 19.3 Å². The zero-order valence-corrected chi connectivity index (χ0v) is 24.8. The molecule has 0 radical (unpaired) electrons. The number of hydrogen-bond donors (Lipinski definition) is 2. The van der Waals surface area contributed by atoms with Crippen molar-refractivity contribution in [1.82, 2.24) is 5.32 Å². The minimum Gasteiger partial charge on any atom is -0.508 e. The van der Waals surface area contributed by atoms with Crippen LogP contribution in [0, 0.1) is 0 Å². The van der Waals surface area contributed by atoms with Crippen molar-refractivity contribution in [2.45, 2.75) is 123 Å². The molecule has 0 saturated carbocycles. The molecule has 0 spiro atoms. The van der Waals surface area contributed by atoms with Gasteiger partial charge in [-0.05, 0) is 50.5 Å². The summed E-state index contributed by atoms with van der Waals surface area (Å²) in [6.45, 7) is 5.55. The summed E-state index contributed by atoms with van der Waals surface area (Å²) in [4.78, 5) is 12.6. The Bertz CT molecular complexity index is 820. The average molecular weight is 556 g/mol. The summed E-state index contributed by atoms with van der Waals surface area (Å²) in [5.41, 5.74) is -0.216. The second kappa shape index (κ2) is 21.2. The lowest BCUT2D eigenvalue weighted by Crippen LogP contribution is -2.35. The van der Waals surface area contributed by atoms with Crippen LogP contribution in [0.5, 0.6) is 5.75 Å². The first kappa shape index (κ1) is 34.3. The molecule has 1 atom stereocenters. The van der Waals surface area contributed by atoms with Gasteiger partial charge in [-0.25, -0.2) is 0 Å². The van der Waals surface area contributed by atoms with Crippen LogP contribution < -0.4 is 5.32 Å². The third-order valence-electron chi connectivity index (χ3n) is 6.44. The Morgan fingerprint density at radius 2 is 1.34 bits per heavy atom. The smallest absolute Gasteiger partial charge is 0.389 e. The van der Waals surface area contributed by atoms with Crippen LogP contribution in [0.2, 0.25) is 0 Å². The Hall–Kier alpha value is -1.69. The standard InChI is InChI=1S/C30H51FNO5P/c1-4-7-8-9-10-11-12-13-14-15-16-17-18-19-30(34)32-27(24-26-20-22-28(33)23-21-26)25-29(31)38(35,36-5-2)37-6-3/h20-23,25,27,33H,4-19,24H2,1-3H3,(H,32,34)/t27-/m0/s1. The molecule has 0 aliphatic heterocycles. The van der Waals surface area contributed by atoms with Crippen LogP contribution >= 0.6 is 7.60 Å². The number of unbranched alkanes of at least 4 members (excludes halogenated alkanes) is 12. The number of carbonyl (C=O) groups is 1. The van der Waals surface area contributed by atoms with Crippen LogP contribution in [0.4, 0.5) is 4.39 Å². The summed E-state index contributed by atoms with van der Waals surface area (Å²) in [5, 5.41) is 12.4. The summed E-state index contributed by atoms with van der Waals surface area (Å²) < 4.78 is 38.0. The molecule has 0 fully saturated rings. The summed E-state index contributed by atoms with van der Waals surface area (Å²) in [7, 11) is -4.07. The molecule has 6 nitrogen and oxygen atoms in total. The van der Waals surface area contributed by atoms with Crippen LogP contribution in [0.15, 0.2) is 35.9 Å². The van der Waals surface area contributed by atoms with Gasteiger partial charge in [0.1, 0.15) is 5.75 Å². The van der Waals surface area contributed by atoms with E-state index in [0.29, 0.717) is 6.42 Å². The molecule has 218 valence electrons. The fourth-order valence-electron chi connectivity index (χ4n) is 4.38. The molecule has 0 bridgehead atoms. The summed E-state index contributed by atoms with van der Waals surface area (Å²) in [6, 6.07) is 5.75. The molecule has 1 aromatic carbocycles. The summed E-state index contributed by atoms with van der Waals surface area (Å²) >= 11 is 0. The number of phenols is 1. The third kappa shape index (κ3) is 15.7. The van der Waals surface area contributed by atoms with Crippen molar-refractivity contribution in [1.29, 1.82) is 0 Å². The van der Waals surface area contributed by atoms with Crippen LogP contribution in [-0.4, -0.2) is 30.3 Å². The van der Waals surface area contributed by atoms with E-state index < -0.39 is 19.2 Å². The van der Waals surface area contributed by atoms with Crippen LogP contribution in [-0.2, 0) is 24.8 Å². The fourth-order valence-corrected chi connectivity index (χ4v) is 5.74. The number of aromatic hydroxyl groups is 1. The summed E-state index contributed by atoms with van der Waals surface area (Å²) in [5.74, 6) is -0.0563. The van der Waals surface area contributed by atoms with Crippen molar-refractivity contribution in [3.8, 4) is 5.75 Å². The van der Waals surface area contributed by atoms with Gasteiger partial charge in [-0.3, -0.25) is 9.36 Å². The molecule has 0 aliphatic carbocycles. The maximum absolute atomic E-state index is 15.0. The van der Waals surface area contributed by atoms with Gasteiger partial charge in [0.25, 0.3) is 0 Å². The molecule has 1 rings (SSSR count). The number of nitrogens with one attached hydrogen (secondary N) is 1. The van der Waals surface area contributed by atoms with E-state index in [0.717, 1.165) is 30.9 Å². The number of amides is 1. The quantitative estimate of drug-likeness (QED) is 0.104. The maximum atomic E-state index is 15.0. The van der Waals surface area contributed by atoms with Gasteiger partial charge < -0.3 is 19.5 Å². The van der Waals surface area contributed by atoms with Crippen LogP contribution in [0.3, 0.4) is 0 Å². The maximum Gasteiger partial charge on any atom is 0.389 e. The van der Waals surface area contributed by atoms with E-state index in [2.05, 4.69) is 12.2 Å². The highest BCUT2D eigenvalue weighted by Crippen LogP contribution is 2.56. The van der Waals surface area contributed by atoms with Crippen molar-refractivity contribution in [3.63, 3.8) is 0 Å². The minimum absolute atomic E-state index is 0.0343. The van der Waals surface area contributed by atoms with Crippen molar-refractivity contribution in [2.24, 2.45) is 0 Å². The molecule has 0 aliphatic rings. The lowest BCUT2D eigenvalue weighted by Gasteiger charge is -2.19. The molecule has 2 N–H and O–H groups in total. The van der Waals surface area contributed by atoms with E-state index in [1.165, 1.54) is 76.3 Å². The SMILES string of the molecule is CCCCCCCCCCCCCCCC(=O)N[C@H](C=C(F)P(=O)(OCC)OCC)Cc1ccc(O)cc1. The zero-order chi connectivity index (χ0) is 28.1. The van der Waals surface area contributed by atoms with Crippen molar-refractivity contribution in [3.05, 3.63) is 41.5 Å². The number of carbonyl (C=O) groups excluding carboxylic acids is 1. The normalized spacial score (nSPS) is 13.0. The van der Waals surface area contributed by atoms with Gasteiger partial charge in [-0.15, -0.1) is 0 Å². The van der Waals surface area contributed by atoms with Crippen LogP contribution in [0.25, 0.3) is 0 Å². The number of rotatable bonds is 23. The largest absolute Gasteiger partial charge is 0.508 e. The molecular formula is C30H51FNO5P. The van der Waals surface area contributed by atoms with Gasteiger partial charge in [-0.2, -0.15) is 4.39 Å². The molecular weight excluding hydrogens is 504 g/mol. The predicted molar refractivity (Wildman–Crippen MR) is 154 cm³/mol. The average Bonchev–Trinajstić information content (AvgIpc) is 2.88. The number of hydrogen-bond acceptors (Lipinski definition) is 5. The lowest BCUT2D eigenvalue weighted by atomic mass is 10.0. The molecule has 38 heavy (non-hydrogen) atoms. The third-order valence-corrected chi connectivity index (χ3v) is 8.31. The van der Waals surface area contributed by atoms with Crippen LogP contribution in [0.1, 0.15) is 116 Å². The van der Waals surface area contributed by atoms with E-state index in [9.17, 15) is 14.5 Å². The Labute approximate surface area is 230 Å². The zero-order valence-electron chi connectivity index (χ0n) is 23.9. The Morgan fingerprint density at radius 3 is 1.82 bits per heavy atom. The first-order valence-corrected chi connectivity index (χ1v) is 16.2. The van der Waals surface area contributed by atoms with Gasteiger partial charge in [0.2, 0.25) is 11.5 Å². The second-order valence-electron chi connectivity index (χ2n) is 9.86. The highest BCUT2D eigenvalue weighted by Gasteiger charge is 2.31. The second-order valence-corrected chi connectivity index (χ2v) is 11.8. The highest BCUT2D eigenvalue weighted by atomic mass is 31.2. The number of halogens is 1. The van der Waals surface area contributed by atoms with E-state index in [1.807, 2.05) is 0 Å². The van der Waals surface area contributed by atoms with Gasteiger partial charge in [0.15, 0.2) is 0 Å². The highest BCUT2D eigenvalue weighted by molar-refractivity contribution is 7.58. The topological polar surface area (TPSA) is 84.9 Å². The van der Waals surface area contributed by atoms with Gasteiger partial charge in [0, 0.05) is 6.42 Å². The van der Waals surface area contributed by atoms with Gasteiger partial charge >= 0.3 is 7.60 Å². The van der Waals surface area contributed by atoms with Crippen molar-refractivity contribution >= 4 is 13.5 Å². The Balaban J connectivity index is 2.49. The molecule has 0 saturated heterocycles. The molecule has 0 aromatic heterocycles. The van der Waals surface area contributed by atoms with E-state index in [1.54, 1.807) is 26.0 Å². The van der Waals surface area contributed by atoms with E-state index in [4.69, 9.17) is 9.05 Å². The van der Waals surface area contributed by atoms with Crippen molar-refractivity contribution in [2.75, 3.05) is 13.2 Å². The fraction of sp³-hybridized carbons (Fsp3) is 0.700. The minimum atomic E-state index is -4.07. The van der Waals surface area contributed by atoms with Crippen molar-refractivity contribution < 1.29 is 27.9 Å². The first-order chi connectivity index (χ1) is 18.3. The number of phenolic OH excluding ortho intramolecular Hbond substituents is 1. The molecule has 1 amide bonds. The number of benzene rings is 1. The van der Waals surface area contributed by atoms with Gasteiger partial charge in [-0.1, -0.05) is 96.1 Å².